The molecule has 0 saturated heterocycles. The highest BCUT2D eigenvalue weighted by molar-refractivity contribution is 6.07. The minimum atomic E-state index is 0.0775. The Labute approximate surface area is 116 Å². The molecule has 0 spiro atoms. The summed E-state index contributed by atoms with van der Waals surface area (Å²) in [6.07, 6.45) is 9.21. The van der Waals surface area contributed by atoms with Crippen molar-refractivity contribution < 1.29 is 0 Å². The number of hydrogen-bond acceptors (Lipinski definition) is 1. The average molecular weight is 253 g/mol. The van der Waals surface area contributed by atoms with E-state index in [1.807, 2.05) is 0 Å². The molecule has 19 heavy (non-hydrogen) atoms. The van der Waals surface area contributed by atoms with Crippen molar-refractivity contribution in [1.82, 2.24) is 0 Å². The maximum Gasteiger partial charge on any atom is 0.0573 e. The number of aliphatic imine (C=N–C) groups is 1. The average Bonchev–Trinajstić information content (AvgIpc) is 2.77. The lowest BCUT2D eigenvalue weighted by Crippen LogP contribution is -2.19. The second kappa shape index (κ2) is 4.96. The van der Waals surface area contributed by atoms with Crippen molar-refractivity contribution in [2.45, 2.75) is 46.0 Å². The standard InChI is InChI=1S/C18H23N/c1-18(2)13-16(14-9-5-3-6-10-14)19-17(18)15-11-7-4-8-12-15/h4,7-8,11-14H,3,5-6,9-10H2,1-2H3. The number of allylic oxidation sites excluding steroid dienone is 2. The van der Waals surface area contributed by atoms with Crippen LogP contribution in [-0.4, -0.2) is 5.71 Å². The molecule has 1 aliphatic heterocycles. The molecule has 100 valence electrons. The van der Waals surface area contributed by atoms with Crippen molar-refractivity contribution in [3.63, 3.8) is 0 Å². The molecule has 2 aliphatic rings. The van der Waals surface area contributed by atoms with Crippen LogP contribution in [0.5, 0.6) is 0 Å². The Morgan fingerprint density at radius 1 is 1.00 bits per heavy atom. The highest BCUT2D eigenvalue weighted by atomic mass is 14.8. The fourth-order valence-electron chi connectivity index (χ4n) is 3.38. The van der Waals surface area contributed by atoms with Gasteiger partial charge in [0.2, 0.25) is 0 Å². The Balaban J connectivity index is 1.90. The third-order valence-corrected chi connectivity index (χ3v) is 4.43. The van der Waals surface area contributed by atoms with Crippen LogP contribution >= 0.6 is 0 Å². The number of hydrogen-bond donors (Lipinski definition) is 0. The monoisotopic (exact) mass is 253 g/mol. The molecule has 1 fully saturated rings. The number of nitrogens with zero attached hydrogens (tertiary/aromatic N) is 1. The lowest BCUT2D eigenvalue weighted by Gasteiger charge is -2.21. The van der Waals surface area contributed by atoms with E-state index in [2.05, 4.69) is 50.3 Å². The van der Waals surface area contributed by atoms with E-state index in [-0.39, 0.29) is 5.41 Å². The predicted octanol–water partition coefficient (Wildman–Crippen LogP) is 4.98. The van der Waals surface area contributed by atoms with Gasteiger partial charge in [-0.05, 0) is 18.4 Å². The van der Waals surface area contributed by atoms with Crippen LogP contribution in [0.4, 0.5) is 0 Å². The van der Waals surface area contributed by atoms with E-state index in [0.29, 0.717) is 5.92 Å². The lowest BCUT2D eigenvalue weighted by atomic mass is 9.82. The van der Waals surface area contributed by atoms with Gasteiger partial charge in [0, 0.05) is 17.0 Å². The van der Waals surface area contributed by atoms with Crippen LogP contribution in [0.2, 0.25) is 0 Å². The predicted molar refractivity (Wildman–Crippen MR) is 81.4 cm³/mol. The second-order valence-corrected chi connectivity index (χ2v) is 6.45. The SMILES string of the molecule is CC1(C)C=C(C2CCCCC2)N=C1c1ccccc1. The van der Waals surface area contributed by atoms with Gasteiger partial charge in [0.25, 0.3) is 0 Å². The van der Waals surface area contributed by atoms with Gasteiger partial charge < -0.3 is 0 Å². The molecule has 1 nitrogen and oxygen atoms in total. The van der Waals surface area contributed by atoms with Gasteiger partial charge >= 0.3 is 0 Å². The van der Waals surface area contributed by atoms with E-state index in [0.717, 1.165) is 0 Å². The highest BCUT2D eigenvalue weighted by Crippen LogP contribution is 2.39. The first-order valence-electron chi connectivity index (χ1n) is 7.54. The molecule has 0 radical (unpaired) electrons. The first-order chi connectivity index (χ1) is 9.17. The minimum absolute atomic E-state index is 0.0775. The molecule has 0 atom stereocenters. The third kappa shape index (κ3) is 2.51. The van der Waals surface area contributed by atoms with Crippen molar-refractivity contribution in [1.29, 1.82) is 0 Å². The Morgan fingerprint density at radius 3 is 2.37 bits per heavy atom. The molecule has 1 aliphatic carbocycles. The molecule has 0 bridgehead atoms. The first kappa shape index (κ1) is 12.7. The van der Waals surface area contributed by atoms with E-state index in [4.69, 9.17) is 4.99 Å². The van der Waals surface area contributed by atoms with Crippen molar-refractivity contribution in [3.8, 4) is 0 Å². The largest absolute Gasteiger partial charge is 0.256 e. The van der Waals surface area contributed by atoms with Crippen molar-refractivity contribution in [3.05, 3.63) is 47.7 Å². The van der Waals surface area contributed by atoms with E-state index in [1.165, 1.54) is 49.1 Å². The zero-order valence-electron chi connectivity index (χ0n) is 12.0. The number of rotatable bonds is 2. The molecule has 1 aromatic carbocycles. The van der Waals surface area contributed by atoms with Crippen molar-refractivity contribution >= 4 is 5.71 Å². The first-order valence-corrected chi connectivity index (χ1v) is 7.54. The normalized spacial score (nSPS) is 23.1. The molecule has 0 unspecified atom stereocenters. The quantitative estimate of drug-likeness (QED) is 0.705. The summed E-state index contributed by atoms with van der Waals surface area (Å²) in [4.78, 5) is 5.01. The van der Waals surface area contributed by atoms with Gasteiger partial charge in [-0.3, -0.25) is 4.99 Å². The van der Waals surface area contributed by atoms with E-state index in [9.17, 15) is 0 Å². The second-order valence-electron chi connectivity index (χ2n) is 6.45. The van der Waals surface area contributed by atoms with Gasteiger partial charge in [-0.15, -0.1) is 0 Å². The molecule has 1 aromatic rings. The zero-order chi connectivity index (χ0) is 13.3. The van der Waals surface area contributed by atoms with Crippen molar-refractivity contribution in [2.75, 3.05) is 0 Å². The summed E-state index contributed by atoms with van der Waals surface area (Å²) in [6.45, 7) is 4.57. The molecule has 1 saturated carbocycles. The summed E-state index contributed by atoms with van der Waals surface area (Å²) < 4.78 is 0. The van der Waals surface area contributed by atoms with Gasteiger partial charge in [0.15, 0.2) is 0 Å². The fraction of sp³-hybridized carbons (Fsp3) is 0.500. The maximum absolute atomic E-state index is 5.01. The molecule has 0 N–H and O–H groups in total. The smallest absolute Gasteiger partial charge is 0.0573 e. The van der Waals surface area contributed by atoms with Crippen LogP contribution < -0.4 is 0 Å². The van der Waals surface area contributed by atoms with Gasteiger partial charge in [0.05, 0.1) is 5.71 Å². The molecule has 0 aromatic heterocycles. The van der Waals surface area contributed by atoms with E-state index < -0.39 is 0 Å². The molecule has 3 rings (SSSR count). The molecular weight excluding hydrogens is 230 g/mol. The minimum Gasteiger partial charge on any atom is -0.256 e. The van der Waals surface area contributed by atoms with Gasteiger partial charge in [-0.2, -0.15) is 0 Å². The summed E-state index contributed by atoms with van der Waals surface area (Å²) in [6, 6.07) is 10.6. The highest BCUT2D eigenvalue weighted by Gasteiger charge is 2.32. The van der Waals surface area contributed by atoms with Crippen LogP contribution in [-0.2, 0) is 0 Å². The number of benzene rings is 1. The Bertz CT molecular complexity index is 502. The molecule has 1 heterocycles. The summed E-state index contributed by atoms with van der Waals surface area (Å²) >= 11 is 0. The molecule has 1 heteroatoms. The van der Waals surface area contributed by atoms with Gasteiger partial charge in [-0.25, -0.2) is 0 Å². The summed E-state index contributed by atoms with van der Waals surface area (Å²) in [5, 5.41) is 0. The van der Waals surface area contributed by atoms with Crippen LogP contribution in [0.3, 0.4) is 0 Å². The zero-order valence-corrected chi connectivity index (χ0v) is 12.0. The van der Waals surface area contributed by atoms with Crippen LogP contribution in [0.15, 0.2) is 47.1 Å². The van der Waals surface area contributed by atoms with E-state index >= 15 is 0 Å². The Kier molecular flexibility index (Phi) is 3.30. The topological polar surface area (TPSA) is 12.4 Å². The van der Waals surface area contributed by atoms with Gasteiger partial charge in [-0.1, -0.05) is 69.5 Å². The van der Waals surface area contributed by atoms with Crippen LogP contribution in [0.1, 0.15) is 51.5 Å². The molecule has 0 amide bonds. The Morgan fingerprint density at radius 2 is 1.68 bits per heavy atom. The lowest BCUT2D eigenvalue weighted by molar-refractivity contribution is 0.400. The molecular formula is C18H23N. The third-order valence-electron chi connectivity index (χ3n) is 4.43. The summed E-state index contributed by atoms with van der Waals surface area (Å²) in [5.41, 5.74) is 3.94. The summed E-state index contributed by atoms with van der Waals surface area (Å²) in [5.74, 6) is 0.703. The van der Waals surface area contributed by atoms with Gasteiger partial charge in [0.1, 0.15) is 0 Å². The van der Waals surface area contributed by atoms with E-state index in [1.54, 1.807) is 0 Å². The summed E-state index contributed by atoms with van der Waals surface area (Å²) in [7, 11) is 0. The van der Waals surface area contributed by atoms with Crippen molar-refractivity contribution in [2.24, 2.45) is 16.3 Å². The fourth-order valence-corrected chi connectivity index (χ4v) is 3.38. The maximum atomic E-state index is 5.01. The Hall–Kier alpha value is -1.37. The van der Waals surface area contributed by atoms with Crippen LogP contribution in [0.25, 0.3) is 0 Å². The van der Waals surface area contributed by atoms with Crippen LogP contribution in [0, 0.1) is 11.3 Å².